The third-order valence-electron chi connectivity index (χ3n) is 4.30. The summed E-state index contributed by atoms with van der Waals surface area (Å²) in [5, 5.41) is 8.04. The quantitative estimate of drug-likeness (QED) is 0.753. The van der Waals surface area contributed by atoms with Crippen LogP contribution in [-0.2, 0) is 0 Å². The monoisotopic (exact) mass is 329 g/mol. The SMILES string of the molecule is Cl.Nc1[nH]nc2nc(N3CCCCC3)cc(-c3ccccc3)c12. The molecule has 0 radical (unpaired) electrons. The van der Waals surface area contributed by atoms with Crippen LogP contribution in [-0.4, -0.2) is 28.3 Å². The minimum Gasteiger partial charge on any atom is -0.383 e. The second-order valence-electron chi connectivity index (χ2n) is 5.78. The molecule has 23 heavy (non-hydrogen) atoms. The number of nitrogens with zero attached hydrogens (tertiary/aromatic N) is 3. The number of nitrogens with one attached hydrogen (secondary N) is 1. The van der Waals surface area contributed by atoms with Crippen LogP contribution in [0.2, 0.25) is 0 Å². The van der Waals surface area contributed by atoms with Gasteiger partial charge < -0.3 is 10.6 Å². The number of benzene rings is 1. The van der Waals surface area contributed by atoms with Gasteiger partial charge in [0.1, 0.15) is 11.6 Å². The number of hydrogen-bond donors (Lipinski definition) is 2. The number of pyridine rings is 1. The van der Waals surface area contributed by atoms with Gasteiger partial charge in [0.25, 0.3) is 0 Å². The zero-order valence-electron chi connectivity index (χ0n) is 12.8. The second kappa shape index (κ2) is 6.46. The molecule has 3 N–H and O–H groups in total. The third-order valence-corrected chi connectivity index (χ3v) is 4.30. The van der Waals surface area contributed by atoms with E-state index in [0.29, 0.717) is 11.5 Å². The summed E-state index contributed by atoms with van der Waals surface area (Å²) in [5.74, 6) is 1.57. The van der Waals surface area contributed by atoms with Gasteiger partial charge in [0.2, 0.25) is 0 Å². The number of piperidine rings is 1. The Hall–Kier alpha value is -2.27. The molecule has 0 unspecified atom stereocenters. The Morgan fingerprint density at radius 3 is 2.52 bits per heavy atom. The van der Waals surface area contributed by atoms with Crippen molar-refractivity contribution in [1.29, 1.82) is 0 Å². The van der Waals surface area contributed by atoms with E-state index in [1.807, 2.05) is 18.2 Å². The predicted molar refractivity (Wildman–Crippen MR) is 97.0 cm³/mol. The second-order valence-corrected chi connectivity index (χ2v) is 5.78. The predicted octanol–water partition coefficient (Wildman–Crippen LogP) is 3.62. The van der Waals surface area contributed by atoms with Crippen molar-refractivity contribution in [3.8, 4) is 11.1 Å². The summed E-state index contributed by atoms with van der Waals surface area (Å²) < 4.78 is 0. The summed E-state index contributed by atoms with van der Waals surface area (Å²) in [4.78, 5) is 7.06. The first-order valence-corrected chi connectivity index (χ1v) is 7.78. The van der Waals surface area contributed by atoms with Gasteiger partial charge in [0.05, 0.1) is 5.39 Å². The topological polar surface area (TPSA) is 70.8 Å². The summed E-state index contributed by atoms with van der Waals surface area (Å²) >= 11 is 0. The van der Waals surface area contributed by atoms with Crippen molar-refractivity contribution in [3.05, 3.63) is 36.4 Å². The number of aromatic nitrogens is 3. The highest BCUT2D eigenvalue weighted by Gasteiger charge is 2.18. The first kappa shape index (κ1) is 15.6. The Morgan fingerprint density at radius 1 is 1.04 bits per heavy atom. The molecular formula is C17H20ClN5. The average Bonchev–Trinajstić information content (AvgIpc) is 2.97. The lowest BCUT2D eigenvalue weighted by Gasteiger charge is -2.28. The number of aromatic amines is 1. The number of nitrogen functional groups attached to an aromatic ring is 1. The molecule has 3 heterocycles. The zero-order chi connectivity index (χ0) is 14.9. The van der Waals surface area contributed by atoms with Crippen LogP contribution in [0.25, 0.3) is 22.2 Å². The van der Waals surface area contributed by atoms with Crippen molar-refractivity contribution >= 4 is 35.1 Å². The van der Waals surface area contributed by atoms with E-state index in [1.165, 1.54) is 19.3 Å². The first-order valence-electron chi connectivity index (χ1n) is 7.78. The van der Waals surface area contributed by atoms with Gasteiger partial charge in [-0.15, -0.1) is 12.4 Å². The molecule has 1 aliphatic rings. The van der Waals surface area contributed by atoms with Crippen LogP contribution in [0.1, 0.15) is 19.3 Å². The number of fused-ring (bicyclic) bond motifs is 1. The maximum atomic E-state index is 6.07. The molecule has 1 aromatic carbocycles. The van der Waals surface area contributed by atoms with E-state index in [-0.39, 0.29) is 12.4 Å². The fourth-order valence-electron chi connectivity index (χ4n) is 3.16. The van der Waals surface area contributed by atoms with Gasteiger partial charge in [-0.05, 0) is 30.9 Å². The number of anilines is 2. The highest BCUT2D eigenvalue weighted by Crippen LogP contribution is 2.34. The Kier molecular flexibility index (Phi) is 4.39. The van der Waals surface area contributed by atoms with Gasteiger partial charge in [-0.1, -0.05) is 30.3 Å². The lowest BCUT2D eigenvalue weighted by atomic mass is 10.0. The number of halogens is 1. The lowest BCUT2D eigenvalue weighted by molar-refractivity contribution is 0.574. The number of hydrogen-bond acceptors (Lipinski definition) is 4. The summed E-state index contributed by atoms with van der Waals surface area (Å²) in [5.41, 5.74) is 9.00. The van der Waals surface area contributed by atoms with Crippen molar-refractivity contribution in [2.45, 2.75) is 19.3 Å². The van der Waals surface area contributed by atoms with Crippen LogP contribution in [0, 0.1) is 0 Å². The van der Waals surface area contributed by atoms with Gasteiger partial charge >= 0.3 is 0 Å². The van der Waals surface area contributed by atoms with Crippen LogP contribution in [0.3, 0.4) is 0 Å². The molecule has 0 atom stereocenters. The van der Waals surface area contributed by atoms with E-state index in [0.717, 1.165) is 35.4 Å². The summed E-state index contributed by atoms with van der Waals surface area (Å²) in [7, 11) is 0. The molecule has 5 nitrogen and oxygen atoms in total. The standard InChI is InChI=1S/C17H19N5.ClH/c18-16-15-13(12-7-3-1-4-8-12)11-14(19-17(15)21-20-16)22-9-5-2-6-10-22;/h1,3-4,7-8,11H,2,5-6,9-10H2,(H3,18,19,20,21);1H. The molecular weight excluding hydrogens is 310 g/mol. The lowest BCUT2D eigenvalue weighted by Crippen LogP contribution is -2.30. The molecule has 0 spiro atoms. The van der Waals surface area contributed by atoms with Gasteiger partial charge in [0, 0.05) is 18.7 Å². The molecule has 0 saturated carbocycles. The minimum absolute atomic E-state index is 0. The van der Waals surface area contributed by atoms with Crippen LogP contribution in [0.4, 0.5) is 11.6 Å². The maximum absolute atomic E-state index is 6.07. The number of rotatable bonds is 2. The summed E-state index contributed by atoms with van der Waals surface area (Å²) in [6.45, 7) is 2.12. The molecule has 0 amide bonds. The Bertz CT molecular complexity index is 793. The highest BCUT2D eigenvalue weighted by atomic mass is 35.5. The molecule has 1 aliphatic heterocycles. The number of nitrogens with two attached hydrogens (primary N) is 1. The molecule has 1 fully saturated rings. The normalized spacial score (nSPS) is 14.7. The van der Waals surface area contributed by atoms with Crippen LogP contribution in [0.15, 0.2) is 36.4 Å². The van der Waals surface area contributed by atoms with Crippen molar-refractivity contribution in [2.75, 3.05) is 23.7 Å². The summed E-state index contributed by atoms with van der Waals surface area (Å²) in [6.07, 6.45) is 3.76. The van der Waals surface area contributed by atoms with Crippen molar-refractivity contribution in [1.82, 2.24) is 15.2 Å². The molecule has 6 heteroatoms. The van der Waals surface area contributed by atoms with E-state index >= 15 is 0 Å². The highest BCUT2D eigenvalue weighted by molar-refractivity contribution is 6.01. The van der Waals surface area contributed by atoms with Crippen LogP contribution < -0.4 is 10.6 Å². The van der Waals surface area contributed by atoms with E-state index < -0.39 is 0 Å². The third kappa shape index (κ3) is 2.84. The van der Waals surface area contributed by atoms with E-state index in [4.69, 9.17) is 10.7 Å². The largest absolute Gasteiger partial charge is 0.383 e. The first-order chi connectivity index (χ1) is 10.8. The Labute approximate surface area is 141 Å². The van der Waals surface area contributed by atoms with Gasteiger partial charge in [0.15, 0.2) is 5.65 Å². The van der Waals surface area contributed by atoms with Gasteiger partial charge in [-0.3, -0.25) is 5.10 Å². The summed E-state index contributed by atoms with van der Waals surface area (Å²) in [6, 6.07) is 12.4. The molecule has 0 aliphatic carbocycles. The molecule has 3 aromatic rings. The van der Waals surface area contributed by atoms with Crippen molar-refractivity contribution in [2.24, 2.45) is 0 Å². The van der Waals surface area contributed by atoms with Gasteiger partial charge in [-0.2, -0.15) is 5.10 Å². The van der Waals surface area contributed by atoms with Crippen LogP contribution in [0.5, 0.6) is 0 Å². The Morgan fingerprint density at radius 2 is 1.78 bits per heavy atom. The van der Waals surface area contributed by atoms with Crippen LogP contribution >= 0.6 is 12.4 Å². The minimum atomic E-state index is 0. The number of H-pyrrole nitrogens is 1. The Balaban J connectivity index is 0.00000156. The van der Waals surface area contributed by atoms with Crippen molar-refractivity contribution < 1.29 is 0 Å². The molecule has 4 rings (SSSR count). The molecule has 1 saturated heterocycles. The van der Waals surface area contributed by atoms with E-state index in [1.54, 1.807) is 0 Å². The molecule has 0 bridgehead atoms. The fraction of sp³-hybridized carbons (Fsp3) is 0.294. The fourth-order valence-corrected chi connectivity index (χ4v) is 3.16. The zero-order valence-corrected chi connectivity index (χ0v) is 13.6. The van der Waals surface area contributed by atoms with E-state index in [9.17, 15) is 0 Å². The average molecular weight is 330 g/mol. The molecule has 2 aromatic heterocycles. The maximum Gasteiger partial charge on any atom is 0.185 e. The smallest absolute Gasteiger partial charge is 0.185 e. The van der Waals surface area contributed by atoms with Crippen molar-refractivity contribution in [3.63, 3.8) is 0 Å². The molecule has 120 valence electrons. The van der Waals surface area contributed by atoms with Gasteiger partial charge in [-0.25, -0.2) is 4.98 Å². The van der Waals surface area contributed by atoms with E-state index in [2.05, 4.69) is 33.3 Å².